The van der Waals surface area contributed by atoms with Gasteiger partial charge in [-0.2, -0.15) is 0 Å². The van der Waals surface area contributed by atoms with Crippen molar-refractivity contribution < 1.29 is 9.53 Å². The summed E-state index contributed by atoms with van der Waals surface area (Å²) in [5.41, 5.74) is 4.78. The molecule has 0 aliphatic carbocycles. The van der Waals surface area contributed by atoms with Crippen LogP contribution in [0.25, 0.3) is 10.9 Å². The van der Waals surface area contributed by atoms with E-state index in [1.54, 1.807) is 18.3 Å². The van der Waals surface area contributed by atoms with E-state index in [2.05, 4.69) is 47.7 Å². The second-order valence-corrected chi connectivity index (χ2v) is 7.66. The summed E-state index contributed by atoms with van der Waals surface area (Å²) in [6.07, 6.45) is 8.98. The highest BCUT2D eigenvalue weighted by Gasteiger charge is 2.36. The summed E-state index contributed by atoms with van der Waals surface area (Å²) in [4.78, 5) is 16.8. The summed E-state index contributed by atoms with van der Waals surface area (Å²) >= 11 is 0. The number of rotatable bonds is 8. The summed E-state index contributed by atoms with van der Waals surface area (Å²) in [6, 6.07) is 12.0. The van der Waals surface area contributed by atoms with E-state index in [1.165, 1.54) is 49.7 Å². The maximum Gasteiger partial charge on any atom is 0.341 e. The quantitative estimate of drug-likeness (QED) is 0.360. The lowest BCUT2D eigenvalue weighted by Crippen LogP contribution is -2.06. The van der Waals surface area contributed by atoms with Crippen molar-refractivity contribution in [2.24, 2.45) is 0 Å². The first-order chi connectivity index (χ1) is 13.7. The van der Waals surface area contributed by atoms with Crippen LogP contribution in [0.2, 0.25) is 0 Å². The van der Waals surface area contributed by atoms with Crippen molar-refractivity contribution in [1.82, 2.24) is 9.55 Å². The van der Waals surface area contributed by atoms with Gasteiger partial charge >= 0.3 is 5.97 Å². The number of cyclic esters (lactones) is 1. The molecule has 0 N–H and O–H groups in total. The van der Waals surface area contributed by atoms with Gasteiger partial charge in [0, 0.05) is 34.9 Å². The normalized spacial score (nSPS) is 15.8. The number of para-hydroxylation sites is 1. The molecule has 1 unspecified atom stereocenters. The van der Waals surface area contributed by atoms with Gasteiger partial charge in [0.2, 0.25) is 0 Å². The maximum atomic E-state index is 12.3. The number of esters is 1. The highest BCUT2D eigenvalue weighted by molar-refractivity contribution is 5.95. The van der Waals surface area contributed by atoms with Gasteiger partial charge in [-0.15, -0.1) is 0 Å². The van der Waals surface area contributed by atoms with Gasteiger partial charge in [-0.3, -0.25) is 4.98 Å². The molecular weight excluding hydrogens is 348 g/mol. The van der Waals surface area contributed by atoms with Crippen molar-refractivity contribution in [3.8, 4) is 0 Å². The molecule has 3 aromatic rings. The second-order valence-electron chi connectivity index (χ2n) is 7.66. The molecule has 28 heavy (non-hydrogen) atoms. The smallest absolute Gasteiger partial charge is 0.341 e. The number of aromatic nitrogens is 2. The average Bonchev–Trinajstić information content (AvgIpc) is 3.19. The Balaban J connectivity index is 1.65. The van der Waals surface area contributed by atoms with Gasteiger partial charge in [0.15, 0.2) is 6.10 Å². The fourth-order valence-electron chi connectivity index (χ4n) is 4.35. The Morgan fingerprint density at radius 1 is 1.04 bits per heavy atom. The Hall–Kier alpha value is -2.62. The van der Waals surface area contributed by atoms with E-state index in [9.17, 15) is 4.79 Å². The number of fused-ring (bicyclic) bond motifs is 2. The van der Waals surface area contributed by atoms with Crippen LogP contribution in [0.4, 0.5) is 0 Å². The number of pyridine rings is 1. The average molecular weight is 377 g/mol. The zero-order chi connectivity index (χ0) is 19.5. The van der Waals surface area contributed by atoms with Crippen LogP contribution in [0.5, 0.6) is 0 Å². The van der Waals surface area contributed by atoms with Gasteiger partial charge in [-0.25, -0.2) is 4.79 Å². The minimum absolute atomic E-state index is 0.278. The van der Waals surface area contributed by atoms with Crippen LogP contribution >= 0.6 is 0 Å². The topological polar surface area (TPSA) is 44.1 Å². The SMILES string of the molecule is CCCCCCCCn1c(C)c(C2OC(=O)c3cccnc32)c2ccccc21. The summed E-state index contributed by atoms with van der Waals surface area (Å²) < 4.78 is 8.16. The van der Waals surface area contributed by atoms with Crippen molar-refractivity contribution in [3.63, 3.8) is 0 Å². The van der Waals surface area contributed by atoms with E-state index in [0.717, 1.165) is 23.2 Å². The van der Waals surface area contributed by atoms with Crippen LogP contribution in [-0.2, 0) is 11.3 Å². The summed E-state index contributed by atoms with van der Waals surface area (Å²) in [7, 11) is 0. The minimum Gasteiger partial charge on any atom is -0.447 e. The van der Waals surface area contributed by atoms with E-state index in [4.69, 9.17) is 4.74 Å². The number of aryl methyl sites for hydroxylation is 1. The van der Waals surface area contributed by atoms with E-state index in [1.807, 2.05) is 0 Å². The van der Waals surface area contributed by atoms with Crippen LogP contribution in [0.1, 0.15) is 78.9 Å². The Bertz CT molecular complexity index is 989. The number of hydrogen-bond acceptors (Lipinski definition) is 3. The third-order valence-corrected chi connectivity index (χ3v) is 5.81. The standard InChI is InChI=1S/C24H28N2O2/c1-3-4-5-6-7-10-16-26-17(2)21(18-12-8-9-14-20(18)26)23-22-19(24(27)28-23)13-11-15-25-22/h8-9,11-15,23H,3-7,10,16H2,1-2H3. The molecular formula is C24H28N2O2. The lowest BCUT2D eigenvalue weighted by atomic mass is 10.0. The van der Waals surface area contributed by atoms with Crippen molar-refractivity contribution in [3.05, 3.63) is 65.1 Å². The van der Waals surface area contributed by atoms with E-state index in [0.29, 0.717) is 5.56 Å². The molecule has 1 aromatic carbocycles. The number of carbonyl (C=O) groups is 1. The summed E-state index contributed by atoms with van der Waals surface area (Å²) in [5, 5.41) is 1.15. The number of benzene rings is 1. The van der Waals surface area contributed by atoms with E-state index in [-0.39, 0.29) is 5.97 Å². The molecule has 0 fully saturated rings. The maximum absolute atomic E-state index is 12.3. The van der Waals surface area contributed by atoms with Gasteiger partial charge in [0.1, 0.15) is 5.69 Å². The fourth-order valence-corrected chi connectivity index (χ4v) is 4.35. The van der Waals surface area contributed by atoms with E-state index >= 15 is 0 Å². The van der Waals surface area contributed by atoms with Gasteiger partial charge in [-0.05, 0) is 31.5 Å². The predicted octanol–water partition coefficient (Wildman–Crippen LogP) is 5.97. The third-order valence-electron chi connectivity index (χ3n) is 5.81. The third kappa shape index (κ3) is 3.32. The number of hydrogen-bond donors (Lipinski definition) is 0. The highest BCUT2D eigenvalue weighted by atomic mass is 16.5. The van der Waals surface area contributed by atoms with Crippen LogP contribution < -0.4 is 0 Å². The number of carbonyl (C=O) groups excluding carboxylic acids is 1. The van der Waals surface area contributed by atoms with Crippen LogP contribution in [0.3, 0.4) is 0 Å². The number of nitrogens with zero attached hydrogens (tertiary/aromatic N) is 2. The zero-order valence-electron chi connectivity index (χ0n) is 16.8. The predicted molar refractivity (Wildman–Crippen MR) is 112 cm³/mol. The zero-order valence-corrected chi connectivity index (χ0v) is 16.8. The monoisotopic (exact) mass is 376 g/mol. The van der Waals surface area contributed by atoms with Gasteiger partial charge in [0.25, 0.3) is 0 Å². The first-order valence-corrected chi connectivity index (χ1v) is 10.5. The minimum atomic E-state index is -0.417. The van der Waals surface area contributed by atoms with Gasteiger partial charge < -0.3 is 9.30 Å². The molecule has 0 bridgehead atoms. The molecule has 1 aliphatic rings. The van der Waals surface area contributed by atoms with Crippen LogP contribution in [0, 0.1) is 6.92 Å². The van der Waals surface area contributed by atoms with Crippen molar-refractivity contribution in [2.75, 3.05) is 0 Å². The lowest BCUT2D eigenvalue weighted by Gasteiger charge is -2.12. The molecule has 0 radical (unpaired) electrons. The molecule has 4 rings (SSSR count). The van der Waals surface area contributed by atoms with Crippen LogP contribution in [-0.4, -0.2) is 15.5 Å². The van der Waals surface area contributed by atoms with E-state index < -0.39 is 6.10 Å². The molecule has 4 heteroatoms. The molecule has 1 aliphatic heterocycles. The number of unbranched alkanes of at least 4 members (excludes halogenated alkanes) is 5. The van der Waals surface area contributed by atoms with Crippen LogP contribution in [0.15, 0.2) is 42.6 Å². The first kappa shape index (κ1) is 18.7. The first-order valence-electron chi connectivity index (χ1n) is 10.5. The van der Waals surface area contributed by atoms with Gasteiger partial charge in [0.05, 0.1) is 5.56 Å². The molecule has 146 valence electrons. The Kier molecular flexibility index (Phi) is 5.47. The molecule has 0 saturated carbocycles. The largest absolute Gasteiger partial charge is 0.447 e. The van der Waals surface area contributed by atoms with Crippen molar-refractivity contribution in [1.29, 1.82) is 0 Å². The highest BCUT2D eigenvalue weighted by Crippen LogP contribution is 2.40. The molecule has 0 amide bonds. The molecule has 3 heterocycles. The van der Waals surface area contributed by atoms with Crippen molar-refractivity contribution in [2.45, 2.75) is 65.0 Å². The lowest BCUT2D eigenvalue weighted by molar-refractivity contribution is 0.0453. The Labute approximate surface area is 166 Å². The van der Waals surface area contributed by atoms with Crippen molar-refractivity contribution >= 4 is 16.9 Å². The molecule has 0 spiro atoms. The fraction of sp³-hybridized carbons (Fsp3) is 0.417. The Morgan fingerprint density at radius 3 is 2.68 bits per heavy atom. The number of ether oxygens (including phenoxy) is 1. The second kappa shape index (κ2) is 8.17. The Morgan fingerprint density at radius 2 is 1.82 bits per heavy atom. The molecule has 2 aromatic heterocycles. The molecule has 1 atom stereocenters. The summed E-state index contributed by atoms with van der Waals surface area (Å²) in [6.45, 7) is 5.38. The molecule has 4 nitrogen and oxygen atoms in total. The molecule has 0 saturated heterocycles. The summed E-state index contributed by atoms with van der Waals surface area (Å²) in [5.74, 6) is -0.278. The van der Waals surface area contributed by atoms with Gasteiger partial charge in [-0.1, -0.05) is 57.2 Å².